The first-order valence-electron chi connectivity index (χ1n) is 24.9. The molecule has 3 atom stereocenters. The molecule has 0 fully saturated rings. The first kappa shape index (κ1) is 91.3. The average Bonchev–Trinajstić information content (AvgIpc) is 1.46. The summed E-state index contributed by atoms with van der Waals surface area (Å²) in [6.07, 6.45) is 0.132. The predicted molar refractivity (Wildman–Crippen MR) is 297 cm³/mol. The van der Waals surface area contributed by atoms with Gasteiger partial charge < -0.3 is 81.2 Å². The van der Waals surface area contributed by atoms with Crippen molar-refractivity contribution in [2.45, 2.75) is 92.0 Å². The van der Waals surface area contributed by atoms with Gasteiger partial charge in [-0.2, -0.15) is 0 Å². The number of aliphatic hydroxyl groups is 5. The van der Waals surface area contributed by atoms with Gasteiger partial charge in [-0.05, 0) is 52.3 Å². The molecular weight excluding hydrogens is 1220 g/mol. The van der Waals surface area contributed by atoms with E-state index in [9.17, 15) is 65.4 Å². The van der Waals surface area contributed by atoms with Crippen LogP contribution in [0.2, 0.25) is 0 Å². The number of unbranched alkanes of at least 4 members (excludes halogenated alkanes) is 1. The van der Waals surface area contributed by atoms with Crippen molar-refractivity contribution < 1.29 is 248 Å². The molecule has 87 heavy (non-hydrogen) atoms. The molecule has 0 aliphatic carbocycles. The van der Waals surface area contributed by atoms with Crippen molar-refractivity contribution in [1.82, 2.24) is 0 Å². The standard InChI is InChI=1S/C14H19NO7.C13H19NO5.C12H17NO6.C12H15NO6.CH2O3.B.2K.Na.2H/c1-9(16)11-7-13(20-3)14(8-12(11)15(18)19)22-6-4-5-21-10(2)17;1-4-5-6-19-13-8-11(14(16)17)10(9(2)15)7-12(13)18-3;2*1-8(15)9-6-11(18-2)12(19-5-3-4-14)7-10(9)13(16)17;2-1-4-3;;;;;;/h7-9,16H,4-6H2,1-3H3;7-9,15H,4-6H2,1-3H3;6-8,14-15H,3-5H2,1-2H3;6-7,14H,3-5H2,1-2H3;1,3H;;;;;;/q;;;;;;3*+1;2*-1/p-1. The summed E-state index contributed by atoms with van der Waals surface area (Å²) in [4.78, 5) is 74.9. The Bertz CT molecular complexity index is 2660. The Balaban J connectivity index is -0.000000193. The molecule has 469 valence electrons. The van der Waals surface area contributed by atoms with Crippen molar-refractivity contribution in [1.29, 1.82) is 0 Å². The zero-order valence-electron chi connectivity index (χ0n) is 53.0. The summed E-state index contributed by atoms with van der Waals surface area (Å²) >= 11 is 0. The van der Waals surface area contributed by atoms with E-state index in [1.165, 1.54) is 106 Å². The summed E-state index contributed by atoms with van der Waals surface area (Å²) in [5.74, 6) is 1.33. The van der Waals surface area contributed by atoms with Gasteiger partial charge in [0.05, 0.1) is 146 Å². The van der Waals surface area contributed by atoms with Gasteiger partial charge in [-0.15, -0.1) is 0 Å². The molecule has 3 radical (unpaired) electrons. The van der Waals surface area contributed by atoms with Crippen LogP contribution in [0.4, 0.5) is 22.7 Å². The molecule has 5 N–H and O–H groups in total. The summed E-state index contributed by atoms with van der Waals surface area (Å²) in [5, 5.41) is 98.5. The van der Waals surface area contributed by atoms with E-state index in [-0.39, 0.29) is 269 Å². The fourth-order valence-electron chi connectivity index (χ4n) is 6.52. The molecule has 31 nitrogen and oxygen atoms in total. The number of hydrogen-bond acceptors (Lipinski definition) is 27. The number of nitro benzene ring substituents is 4. The van der Waals surface area contributed by atoms with E-state index in [1.807, 2.05) is 6.92 Å². The molecule has 4 aromatic rings. The smallest absolute Gasteiger partial charge is 1.00 e. The number of esters is 1. The number of ketones is 1. The van der Waals surface area contributed by atoms with Gasteiger partial charge in [0.1, 0.15) is 0 Å². The first-order chi connectivity index (χ1) is 39.3. The number of Topliss-reactive ketones (excluding diaryl/α,β-unsaturated/α-hetero) is 1. The number of ether oxygens (including phenoxy) is 9. The molecule has 0 saturated carbocycles. The van der Waals surface area contributed by atoms with Gasteiger partial charge in [0.15, 0.2) is 51.8 Å². The molecule has 0 aromatic heterocycles. The van der Waals surface area contributed by atoms with Gasteiger partial charge >= 0.3 is 138 Å². The Kier molecular flexibility index (Phi) is 53.9. The second-order valence-corrected chi connectivity index (χ2v) is 16.6. The van der Waals surface area contributed by atoms with Gasteiger partial charge in [0.2, 0.25) is 0 Å². The molecule has 0 bridgehead atoms. The summed E-state index contributed by atoms with van der Waals surface area (Å²) < 4.78 is 46.7. The maximum Gasteiger partial charge on any atom is 1.00 e. The minimum Gasteiger partial charge on any atom is -1.00 e. The minimum atomic E-state index is -1.01. The summed E-state index contributed by atoms with van der Waals surface area (Å²) in [6, 6.07) is 10.4. The average molecular weight is 1300 g/mol. The number of hydrogen-bond donors (Lipinski definition) is 5. The van der Waals surface area contributed by atoms with Crippen molar-refractivity contribution >= 4 is 49.4 Å². The van der Waals surface area contributed by atoms with Gasteiger partial charge in [-0.3, -0.25) is 54.8 Å². The van der Waals surface area contributed by atoms with Crippen molar-refractivity contribution in [3.63, 3.8) is 0 Å². The monoisotopic (exact) mass is 1300 g/mol. The largest absolute Gasteiger partial charge is 1.00 e. The van der Waals surface area contributed by atoms with Crippen LogP contribution in [0.5, 0.6) is 46.0 Å². The summed E-state index contributed by atoms with van der Waals surface area (Å²) in [5.41, 5.74) is -0.471. The van der Waals surface area contributed by atoms with Crippen LogP contribution < -0.4 is 175 Å². The van der Waals surface area contributed by atoms with Crippen molar-refractivity contribution in [2.24, 2.45) is 0 Å². The Morgan fingerprint density at radius 1 is 0.517 bits per heavy atom. The van der Waals surface area contributed by atoms with Crippen LogP contribution in [-0.2, 0) is 19.2 Å². The molecule has 4 aromatic carbocycles. The van der Waals surface area contributed by atoms with E-state index in [1.54, 1.807) is 0 Å². The van der Waals surface area contributed by atoms with Crippen LogP contribution >= 0.6 is 0 Å². The molecule has 0 heterocycles. The van der Waals surface area contributed by atoms with E-state index in [2.05, 4.69) is 4.89 Å². The van der Waals surface area contributed by atoms with Crippen molar-refractivity contribution in [3.8, 4) is 46.0 Å². The third kappa shape index (κ3) is 33.8. The maximum absolute atomic E-state index is 11.4. The van der Waals surface area contributed by atoms with Crippen molar-refractivity contribution in [3.05, 3.63) is 111 Å². The van der Waals surface area contributed by atoms with E-state index < -0.39 is 43.8 Å². The van der Waals surface area contributed by atoms with E-state index in [0.717, 1.165) is 18.9 Å². The van der Waals surface area contributed by atoms with Crippen LogP contribution in [0.15, 0.2) is 48.5 Å². The number of aliphatic hydroxyl groups excluding tert-OH is 5. The number of nitro groups is 4. The van der Waals surface area contributed by atoms with E-state index in [4.69, 9.17) is 62.9 Å². The molecule has 0 amide bonds. The molecule has 0 spiro atoms. The van der Waals surface area contributed by atoms with Crippen LogP contribution in [0.1, 0.15) is 122 Å². The number of carbonyl (C=O) groups excluding carboxylic acids is 3. The Labute approximate surface area is 613 Å². The van der Waals surface area contributed by atoms with Gasteiger partial charge in [-0.1, -0.05) is 13.3 Å². The van der Waals surface area contributed by atoms with Gasteiger partial charge in [0, 0.05) is 53.9 Å². The second-order valence-electron chi connectivity index (χ2n) is 16.6. The SMILES string of the molecule is CCCCOc1cc([N+](=O)[O-])c(C(C)O)cc1OC.COc1cc(C(C)=O)c([N+](=O)[O-])cc1OCCCO.COc1cc(C(C)O)c([N+](=O)[O-])cc1OCCCO.COc1cc(C(C)O)c([N+](=O)[O-])cc1OCCCOC(C)=O.O=CO[O-].[B].[H-].[H-].[K+].[K+].[Na+]. The molecule has 4 rings (SSSR count). The predicted octanol–water partition coefficient (Wildman–Crippen LogP) is -2.90. The van der Waals surface area contributed by atoms with Crippen molar-refractivity contribution in [2.75, 3.05) is 74.7 Å². The number of rotatable bonds is 30. The number of benzene rings is 4. The van der Waals surface area contributed by atoms with E-state index >= 15 is 0 Å². The van der Waals surface area contributed by atoms with Gasteiger partial charge in [0.25, 0.3) is 29.2 Å². The molecule has 35 heteroatoms. The second kappa shape index (κ2) is 51.3. The van der Waals surface area contributed by atoms with Crippen LogP contribution in [0.25, 0.3) is 0 Å². The fraction of sp³-hybridized carbons (Fsp3) is 0.481. The normalized spacial score (nSPS) is 10.6. The molecule has 0 aliphatic heterocycles. The number of nitrogens with zero attached hydrogens (tertiary/aromatic N) is 4. The Hall–Kier alpha value is -4.41. The van der Waals surface area contributed by atoms with Crippen LogP contribution in [0.3, 0.4) is 0 Å². The number of methoxy groups -OCH3 is 4. The molecule has 0 aliphatic rings. The van der Waals surface area contributed by atoms with Crippen LogP contribution in [-0.4, -0.2) is 147 Å². The fourth-order valence-corrected chi connectivity index (χ4v) is 6.52. The topological polar surface area (TPSA) is 440 Å². The first-order valence-corrected chi connectivity index (χ1v) is 24.9. The summed E-state index contributed by atoms with van der Waals surface area (Å²) in [6.45, 7) is 9.95. The molecule has 3 unspecified atom stereocenters. The summed E-state index contributed by atoms with van der Waals surface area (Å²) in [7, 11) is 5.65. The maximum atomic E-state index is 11.4. The zero-order valence-corrected chi connectivity index (χ0v) is 59.2. The third-order valence-electron chi connectivity index (χ3n) is 10.5. The zero-order chi connectivity index (χ0) is 63.4. The van der Waals surface area contributed by atoms with Gasteiger partial charge in [-0.25, -0.2) is 0 Å². The van der Waals surface area contributed by atoms with Crippen LogP contribution in [0, 0.1) is 40.5 Å². The Morgan fingerprint density at radius 2 is 0.793 bits per heavy atom. The molecule has 0 saturated heterocycles. The molecular formula is C52H73BK2N4NaO27. The Morgan fingerprint density at radius 3 is 1.02 bits per heavy atom. The third-order valence-corrected chi connectivity index (χ3v) is 10.5. The van der Waals surface area contributed by atoms with E-state index in [0.29, 0.717) is 43.1 Å². The quantitative estimate of drug-likeness (QED) is 0.00511. The minimum absolute atomic E-state index is 0. The number of carbonyl (C=O) groups is 3.